The molecule has 0 saturated carbocycles. The fraction of sp³-hybridized carbons (Fsp3) is 0.417. The van der Waals surface area contributed by atoms with Crippen molar-refractivity contribution in [1.82, 2.24) is 5.32 Å². The van der Waals surface area contributed by atoms with Crippen molar-refractivity contribution in [2.24, 2.45) is 5.73 Å². The van der Waals surface area contributed by atoms with Gasteiger partial charge in [-0.2, -0.15) is 0 Å². The molecule has 0 spiro atoms. The Kier molecular flexibility index (Phi) is 6.34. The Morgan fingerprint density at radius 1 is 1.31 bits per heavy atom. The van der Waals surface area contributed by atoms with E-state index < -0.39 is 0 Å². The summed E-state index contributed by atoms with van der Waals surface area (Å²) in [6.07, 6.45) is 0. The smallest absolute Gasteiger partial charge is 0.252 e. The molecule has 4 heteroatoms. The molecule has 0 unspecified atom stereocenters. The van der Waals surface area contributed by atoms with Gasteiger partial charge >= 0.3 is 0 Å². The van der Waals surface area contributed by atoms with Crippen LogP contribution in [0.25, 0.3) is 0 Å². The SMILES string of the molecule is CC.CN.Cc1cc2c(cc1F)C(=O)NC2. The van der Waals surface area contributed by atoms with Gasteiger partial charge in [-0.1, -0.05) is 19.9 Å². The Morgan fingerprint density at radius 2 is 1.88 bits per heavy atom. The molecule has 0 atom stereocenters. The van der Waals surface area contributed by atoms with Gasteiger partial charge in [-0.15, -0.1) is 0 Å². The van der Waals surface area contributed by atoms with E-state index in [1.54, 1.807) is 13.0 Å². The molecule has 0 radical (unpaired) electrons. The molecule has 0 aromatic heterocycles. The number of halogens is 1. The standard InChI is InChI=1S/C9H8FNO.C2H6.CH5N/c1-5-2-6-4-11-9(12)7(6)3-8(5)10;2*1-2/h2-3H,4H2,1H3,(H,11,12);1-2H3;2H2,1H3. The van der Waals surface area contributed by atoms with Crippen LogP contribution in [0.3, 0.4) is 0 Å². The summed E-state index contributed by atoms with van der Waals surface area (Å²) in [5, 5.41) is 2.63. The number of rotatable bonds is 0. The molecule has 0 aliphatic carbocycles. The van der Waals surface area contributed by atoms with Crippen LogP contribution in [0.2, 0.25) is 0 Å². The third-order valence-corrected chi connectivity index (χ3v) is 2.07. The summed E-state index contributed by atoms with van der Waals surface area (Å²) in [6.45, 7) is 6.22. The predicted octanol–water partition coefficient (Wildman–Crippen LogP) is 1.98. The zero-order valence-corrected chi connectivity index (χ0v) is 10.2. The number of carbonyl (C=O) groups excluding carboxylic acids is 1. The number of amides is 1. The van der Waals surface area contributed by atoms with Gasteiger partial charge in [0.15, 0.2) is 0 Å². The minimum absolute atomic E-state index is 0.177. The van der Waals surface area contributed by atoms with Crippen molar-refractivity contribution in [3.05, 3.63) is 34.6 Å². The number of aryl methyl sites for hydroxylation is 1. The van der Waals surface area contributed by atoms with Crippen molar-refractivity contribution in [3.8, 4) is 0 Å². The Bertz CT molecular complexity index is 364. The van der Waals surface area contributed by atoms with E-state index in [9.17, 15) is 9.18 Å². The molecule has 90 valence electrons. The van der Waals surface area contributed by atoms with Gasteiger partial charge in [0.2, 0.25) is 0 Å². The molecule has 1 aliphatic heterocycles. The van der Waals surface area contributed by atoms with E-state index in [0.29, 0.717) is 17.7 Å². The van der Waals surface area contributed by atoms with Crippen molar-refractivity contribution in [2.45, 2.75) is 27.3 Å². The summed E-state index contributed by atoms with van der Waals surface area (Å²) >= 11 is 0. The number of nitrogens with one attached hydrogen (secondary N) is 1. The number of fused-ring (bicyclic) bond motifs is 1. The minimum Gasteiger partial charge on any atom is -0.348 e. The molecule has 0 bridgehead atoms. The maximum atomic E-state index is 13.0. The third-order valence-electron chi connectivity index (χ3n) is 2.07. The maximum absolute atomic E-state index is 13.0. The van der Waals surface area contributed by atoms with Gasteiger partial charge in [-0.3, -0.25) is 4.79 Å². The summed E-state index contributed by atoms with van der Waals surface area (Å²) in [7, 11) is 1.50. The molecule has 2 rings (SSSR count). The Balaban J connectivity index is 0.000000509. The van der Waals surface area contributed by atoms with Crippen LogP contribution in [0, 0.1) is 12.7 Å². The van der Waals surface area contributed by atoms with Crippen LogP contribution in [-0.2, 0) is 6.54 Å². The number of hydrogen-bond acceptors (Lipinski definition) is 2. The Morgan fingerprint density at radius 3 is 2.44 bits per heavy atom. The van der Waals surface area contributed by atoms with E-state index in [1.807, 2.05) is 13.8 Å². The Hall–Kier alpha value is -1.42. The van der Waals surface area contributed by atoms with Gasteiger partial charge in [-0.05, 0) is 31.2 Å². The van der Waals surface area contributed by atoms with E-state index in [4.69, 9.17) is 0 Å². The average Bonchev–Trinajstić information content (AvgIpc) is 2.67. The number of nitrogens with two attached hydrogens (primary N) is 1. The number of hydrogen-bond donors (Lipinski definition) is 2. The molecule has 1 aromatic carbocycles. The lowest BCUT2D eigenvalue weighted by Gasteiger charge is -1.98. The second-order valence-corrected chi connectivity index (χ2v) is 2.94. The minimum atomic E-state index is -0.314. The second kappa shape index (κ2) is 6.95. The predicted molar refractivity (Wildman–Crippen MR) is 63.8 cm³/mol. The molecule has 1 aliphatic rings. The summed E-state index contributed by atoms with van der Waals surface area (Å²) < 4.78 is 13.0. The van der Waals surface area contributed by atoms with Crippen molar-refractivity contribution < 1.29 is 9.18 Å². The highest BCUT2D eigenvalue weighted by Gasteiger charge is 2.19. The molecule has 3 N–H and O–H groups in total. The first kappa shape index (κ1) is 14.6. The van der Waals surface area contributed by atoms with Crippen molar-refractivity contribution in [3.63, 3.8) is 0 Å². The first-order valence-electron chi connectivity index (χ1n) is 5.33. The van der Waals surface area contributed by atoms with Crippen LogP contribution < -0.4 is 11.1 Å². The molecular weight excluding hydrogens is 207 g/mol. The van der Waals surface area contributed by atoms with E-state index in [1.165, 1.54) is 13.1 Å². The topological polar surface area (TPSA) is 55.1 Å². The average molecular weight is 226 g/mol. The van der Waals surface area contributed by atoms with Crippen LogP contribution >= 0.6 is 0 Å². The third kappa shape index (κ3) is 3.03. The van der Waals surface area contributed by atoms with E-state index in [2.05, 4.69) is 11.1 Å². The van der Waals surface area contributed by atoms with Gasteiger partial charge in [0.05, 0.1) is 0 Å². The molecule has 1 aromatic rings. The monoisotopic (exact) mass is 226 g/mol. The normalized spacial score (nSPS) is 11.5. The highest BCUT2D eigenvalue weighted by molar-refractivity contribution is 5.98. The zero-order chi connectivity index (χ0) is 12.7. The van der Waals surface area contributed by atoms with Crippen molar-refractivity contribution in [2.75, 3.05) is 7.05 Å². The lowest BCUT2D eigenvalue weighted by Crippen LogP contribution is -2.12. The van der Waals surface area contributed by atoms with E-state index in [-0.39, 0.29) is 11.7 Å². The fourth-order valence-corrected chi connectivity index (χ4v) is 1.37. The summed E-state index contributed by atoms with van der Waals surface area (Å²) in [4.78, 5) is 11.1. The first-order chi connectivity index (χ1) is 7.68. The van der Waals surface area contributed by atoms with Crippen LogP contribution in [0.1, 0.15) is 35.3 Å². The molecule has 0 saturated heterocycles. The van der Waals surface area contributed by atoms with Gasteiger partial charge in [0.1, 0.15) is 5.82 Å². The van der Waals surface area contributed by atoms with Crippen molar-refractivity contribution >= 4 is 5.91 Å². The number of carbonyl (C=O) groups is 1. The molecule has 1 amide bonds. The van der Waals surface area contributed by atoms with Crippen LogP contribution in [0.15, 0.2) is 12.1 Å². The van der Waals surface area contributed by atoms with Crippen LogP contribution in [0.4, 0.5) is 4.39 Å². The fourth-order valence-electron chi connectivity index (χ4n) is 1.37. The molecular formula is C12H19FN2O. The van der Waals surface area contributed by atoms with Crippen LogP contribution in [0.5, 0.6) is 0 Å². The van der Waals surface area contributed by atoms with Gasteiger partial charge in [0, 0.05) is 12.1 Å². The largest absolute Gasteiger partial charge is 0.348 e. The quantitative estimate of drug-likeness (QED) is 0.710. The Labute approximate surface area is 95.8 Å². The van der Waals surface area contributed by atoms with Crippen LogP contribution in [-0.4, -0.2) is 13.0 Å². The lowest BCUT2D eigenvalue weighted by molar-refractivity contribution is 0.0965. The molecule has 16 heavy (non-hydrogen) atoms. The summed E-state index contributed by atoms with van der Waals surface area (Å²) in [6, 6.07) is 3.01. The van der Waals surface area contributed by atoms with E-state index >= 15 is 0 Å². The molecule has 0 fully saturated rings. The highest BCUT2D eigenvalue weighted by Crippen LogP contribution is 2.19. The highest BCUT2D eigenvalue weighted by atomic mass is 19.1. The second-order valence-electron chi connectivity index (χ2n) is 2.94. The van der Waals surface area contributed by atoms with Crippen molar-refractivity contribution in [1.29, 1.82) is 0 Å². The first-order valence-corrected chi connectivity index (χ1v) is 5.33. The zero-order valence-electron chi connectivity index (χ0n) is 10.2. The molecule has 1 heterocycles. The van der Waals surface area contributed by atoms with Gasteiger partial charge < -0.3 is 11.1 Å². The molecule has 3 nitrogen and oxygen atoms in total. The summed E-state index contributed by atoms with van der Waals surface area (Å²) in [5.41, 5.74) is 6.45. The maximum Gasteiger partial charge on any atom is 0.252 e. The van der Waals surface area contributed by atoms with Gasteiger partial charge in [-0.25, -0.2) is 4.39 Å². The van der Waals surface area contributed by atoms with E-state index in [0.717, 1.165) is 5.56 Å². The summed E-state index contributed by atoms with van der Waals surface area (Å²) in [5.74, 6) is -0.491. The lowest BCUT2D eigenvalue weighted by atomic mass is 10.1. The number of benzene rings is 1. The van der Waals surface area contributed by atoms with Gasteiger partial charge in [0.25, 0.3) is 5.91 Å².